The molecule has 0 saturated heterocycles. The second kappa shape index (κ2) is 4.64. The van der Waals surface area contributed by atoms with E-state index in [1.165, 1.54) is 6.07 Å². The van der Waals surface area contributed by atoms with E-state index >= 15 is 0 Å². The summed E-state index contributed by atoms with van der Waals surface area (Å²) in [4.78, 5) is 0. The van der Waals surface area contributed by atoms with E-state index in [4.69, 9.17) is 5.26 Å². The van der Waals surface area contributed by atoms with Gasteiger partial charge in [-0.25, -0.2) is 0 Å². The average molecular weight is 271 g/mol. The number of rotatable bonds is 2. The molecule has 0 spiro atoms. The van der Waals surface area contributed by atoms with Crippen molar-refractivity contribution in [3.8, 4) is 17.6 Å². The number of alkyl halides is 6. The third kappa shape index (κ3) is 4.82. The fourth-order valence-electron chi connectivity index (χ4n) is 1.02. The Morgan fingerprint density at radius 2 is 1.22 bits per heavy atom. The molecule has 0 amide bonds. The Hall–Kier alpha value is -2.11. The van der Waals surface area contributed by atoms with Crippen molar-refractivity contribution in [1.29, 1.82) is 5.26 Å². The topological polar surface area (TPSA) is 42.2 Å². The highest BCUT2D eigenvalue weighted by Crippen LogP contribution is 2.30. The minimum absolute atomic E-state index is 0.377. The summed E-state index contributed by atoms with van der Waals surface area (Å²) in [6.07, 6.45) is -10.2. The van der Waals surface area contributed by atoms with E-state index in [2.05, 4.69) is 9.47 Å². The second-order valence-electron chi connectivity index (χ2n) is 2.90. The maximum absolute atomic E-state index is 11.9. The van der Waals surface area contributed by atoms with Crippen molar-refractivity contribution in [3.63, 3.8) is 0 Å². The van der Waals surface area contributed by atoms with Gasteiger partial charge in [-0.1, -0.05) is 0 Å². The van der Waals surface area contributed by atoms with Crippen molar-refractivity contribution in [2.45, 2.75) is 12.7 Å². The van der Waals surface area contributed by atoms with Crippen LogP contribution in [0.4, 0.5) is 26.3 Å². The van der Waals surface area contributed by atoms with Gasteiger partial charge in [0.15, 0.2) is 0 Å². The molecular formula is C9H3F6NO2. The first-order chi connectivity index (χ1) is 8.09. The Morgan fingerprint density at radius 3 is 1.50 bits per heavy atom. The SMILES string of the molecule is N#Cc1cc(OC(F)(F)F)cc(OC(F)(F)F)c1. The molecule has 1 aromatic carbocycles. The number of ether oxygens (including phenoxy) is 2. The maximum Gasteiger partial charge on any atom is 0.573 e. The molecule has 3 nitrogen and oxygen atoms in total. The zero-order chi connectivity index (χ0) is 14.0. The van der Waals surface area contributed by atoms with Crippen LogP contribution in [0.15, 0.2) is 18.2 Å². The predicted octanol–water partition coefficient (Wildman–Crippen LogP) is 3.36. The van der Waals surface area contributed by atoms with Gasteiger partial charge in [0.05, 0.1) is 11.6 Å². The first-order valence-electron chi connectivity index (χ1n) is 4.16. The quantitative estimate of drug-likeness (QED) is 0.774. The van der Waals surface area contributed by atoms with Gasteiger partial charge in [0.25, 0.3) is 0 Å². The van der Waals surface area contributed by atoms with Crippen LogP contribution < -0.4 is 9.47 Å². The van der Waals surface area contributed by atoms with Gasteiger partial charge in [-0.15, -0.1) is 26.3 Å². The van der Waals surface area contributed by atoms with Crippen LogP contribution in [-0.4, -0.2) is 12.7 Å². The standard InChI is InChI=1S/C9H3F6NO2/c10-8(11,12)17-6-1-5(4-16)2-7(3-6)18-9(13,14)15/h1-3H. The summed E-state index contributed by atoms with van der Waals surface area (Å²) in [7, 11) is 0. The summed E-state index contributed by atoms with van der Waals surface area (Å²) < 4.78 is 78.1. The van der Waals surface area contributed by atoms with E-state index in [9.17, 15) is 26.3 Å². The van der Waals surface area contributed by atoms with Crippen molar-refractivity contribution in [2.24, 2.45) is 0 Å². The molecule has 0 aliphatic carbocycles. The van der Waals surface area contributed by atoms with Gasteiger partial charge in [-0.2, -0.15) is 5.26 Å². The molecule has 0 fully saturated rings. The molecule has 0 atom stereocenters. The highest BCUT2D eigenvalue weighted by molar-refractivity contribution is 5.44. The number of nitriles is 1. The molecule has 0 saturated carbocycles. The van der Waals surface area contributed by atoms with E-state index in [-0.39, 0.29) is 0 Å². The summed E-state index contributed by atoms with van der Waals surface area (Å²) in [5.74, 6) is -1.94. The molecule has 18 heavy (non-hydrogen) atoms. The number of nitrogens with zero attached hydrogens (tertiary/aromatic N) is 1. The highest BCUT2D eigenvalue weighted by atomic mass is 19.4. The molecule has 0 N–H and O–H groups in total. The van der Waals surface area contributed by atoms with Crippen LogP contribution >= 0.6 is 0 Å². The van der Waals surface area contributed by atoms with Crippen molar-refractivity contribution in [2.75, 3.05) is 0 Å². The third-order valence-electron chi connectivity index (χ3n) is 1.48. The molecule has 0 aliphatic heterocycles. The predicted molar refractivity (Wildman–Crippen MR) is 44.5 cm³/mol. The van der Waals surface area contributed by atoms with E-state index in [1.54, 1.807) is 0 Å². The molecule has 0 unspecified atom stereocenters. The van der Waals surface area contributed by atoms with Crippen molar-refractivity contribution in [1.82, 2.24) is 0 Å². The molecule has 1 aromatic rings. The average Bonchev–Trinajstić information content (AvgIpc) is 2.11. The zero-order valence-electron chi connectivity index (χ0n) is 8.26. The molecule has 0 heterocycles. The van der Waals surface area contributed by atoms with E-state index in [0.717, 1.165) is 0 Å². The fourth-order valence-corrected chi connectivity index (χ4v) is 1.02. The lowest BCUT2D eigenvalue weighted by Crippen LogP contribution is -2.19. The minimum Gasteiger partial charge on any atom is -0.406 e. The molecule has 9 heteroatoms. The van der Waals surface area contributed by atoms with Crippen LogP contribution in [0.2, 0.25) is 0 Å². The Balaban J connectivity index is 3.07. The molecule has 0 aliphatic rings. The summed E-state index contributed by atoms with van der Waals surface area (Å²) in [5, 5.41) is 8.46. The number of benzene rings is 1. The molecule has 1 rings (SSSR count). The number of hydrogen-bond donors (Lipinski definition) is 0. The largest absolute Gasteiger partial charge is 0.573 e. The van der Waals surface area contributed by atoms with Crippen molar-refractivity contribution < 1.29 is 35.8 Å². The van der Waals surface area contributed by atoms with Gasteiger partial charge in [-0.3, -0.25) is 0 Å². The maximum atomic E-state index is 11.9. The molecule has 98 valence electrons. The van der Waals surface area contributed by atoms with Gasteiger partial charge >= 0.3 is 12.7 Å². The number of hydrogen-bond acceptors (Lipinski definition) is 3. The molecular weight excluding hydrogens is 268 g/mol. The molecule has 0 radical (unpaired) electrons. The molecule has 0 aromatic heterocycles. The second-order valence-corrected chi connectivity index (χ2v) is 2.90. The lowest BCUT2D eigenvalue weighted by Gasteiger charge is -2.12. The van der Waals surface area contributed by atoms with Crippen molar-refractivity contribution >= 4 is 0 Å². The van der Waals surface area contributed by atoms with Crippen LogP contribution in [0.1, 0.15) is 5.56 Å². The summed E-state index contributed by atoms with van der Waals surface area (Å²) in [5.41, 5.74) is -0.462. The summed E-state index contributed by atoms with van der Waals surface area (Å²) >= 11 is 0. The van der Waals surface area contributed by atoms with Crippen LogP contribution in [0.3, 0.4) is 0 Å². The minimum atomic E-state index is -5.08. The normalized spacial score (nSPS) is 11.8. The Bertz CT molecular complexity index is 439. The van der Waals surface area contributed by atoms with E-state index in [1.807, 2.05) is 0 Å². The Labute approximate surface area is 96.1 Å². The highest BCUT2D eigenvalue weighted by Gasteiger charge is 2.33. The number of halogens is 6. The first-order valence-corrected chi connectivity index (χ1v) is 4.16. The Morgan fingerprint density at radius 1 is 0.833 bits per heavy atom. The lowest BCUT2D eigenvalue weighted by atomic mass is 10.2. The van der Waals surface area contributed by atoms with Crippen LogP contribution in [-0.2, 0) is 0 Å². The van der Waals surface area contributed by atoms with E-state index in [0.29, 0.717) is 18.2 Å². The van der Waals surface area contributed by atoms with Crippen molar-refractivity contribution in [3.05, 3.63) is 23.8 Å². The summed E-state index contributed by atoms with van der Waals surface area (Å²) in [6, 6.07) is 3.03. The fraction of sp³-hybridized carbons (Fsp3) is 0.222. The van der Waals surface area contributed by atoms with E-state index < -0.39 is 29.8 Å². The first kappa shape index (κ1) is 14.0. The third-order valence-corrected chi connectivity index (χ3v) is 1.48. The van der Waals surface area contributed by atoms with Crippen LogP contribution in [0.25, 0.3) is 0 Å². The van der Waals surface area contributed by atoms with Gasteiger partial charge < -0.3 is 9.47 Å². The van der Waals surface area contributed by atoms with Crippen LogP contribution in [0, 0.1) is 11.3 Å². The van der Waals surface area contributed by atoms with Gasteiger partial charge in [0, 0.05) is 6.07 Å². The molecule has 0 bridgehead atoms. The smallest absolute Gasteiger partial charge is 0.406 e. The van der Waals surface area contributed by atoms with Gasteiger partial charge in [0.1, 0.15) is 11.5 Å². The van der Waals surface area contributed by atoms with Crippen LogP contribution in [0.5, 0.6) is 11.5 Å². The van der Waals surface area contributed by atoms with Gasteiger partial charge in [0.2, 0.25) is 0 Å². The monoisotopic (exact) mass is 271 g/mol. The Kier molecular flexibility index (Phi) is 3.59. The summed E-state index contributed by atoms with van der Waals surface area (Å²) in [6.45, 7) is 0. The lowest BCUT2D eigenvalue weighted by molar-refractivity contribution is -0.276. The zero-order valence-corrected chi connectivity index (χ0v) is 8.26. The van der Waals surface area contributed by atoms with Gasteiger partial charge in [-0.05, 0) is 12.1 Å².